The molecule has 0 saturated heterocycles. The van der Waals surface area contributed by atoms with Gasteiger partial charge in [0, 0.05) is 5.56 Å². The van der Waals surface area contributed by atoms with Gasteiger partial charge in [-0.05, 0) is 44.2 Å². The van der Waals surface area contributed by atoms with Crippen molar-refractivity contribution in [3.8, 4) is 5.75 Å². The first-order chi connectivity index (χ1) is 14.3. The number of amides is 1. The number of hydrogen-bond acceptors (Lipinski definition) is 4. The molecule has 0 saturated carbocycles. The molecule has 0 spiro atoms. The van der Waals surface area contributed by atoms with E-state index in [1.54, 1.807) is 43.5 Å². The molecule has 0 fully saturated rings. The van der Waals surface area contributed by atoms with Crippen LogP contribution in [-0.4, -0.2) is 21.4 Å². The van der Waals surface area contributed by atoms with Gasteiger partial charge in [0.05, 0.1) is 29.3 Å². The van der Waals surface area contributed by atoms with Gasteiger partial charge in [0.2, 0.25) is 0 Å². The summed E-state index contributed by atoms with van der Waals surface area (Å²) in [5.74, 6) is 0.272. The fourth-order valence-corrected chi connectivity index (χ4v) is 4.15. The van der Waals surface area contributed by atoms with Crippen LogP contribution >= 0.6 is 0 Å². The number of carbonyl (C=O) groups excluding carboxylic acids is 1. The maximum Gasteiger partial charge on any atom is 0.261 e. The number of ether oxygens (including phenoxy) is 1. The molecule has 0 heterocycles. The zero-order valence-electron chi connectivity index (χ0n) is 17.0. The summed E-state index contributed by atoms with van der Waals surface area (Å²) >= 11 is 0. The monoisotopic (exact) mass is 424 g/mol. The smallest absolute Gasteiger partial charge is 0.261 e. The first-order valence-electron chi connectivity index (χ1n) is 9.44. The van der Waals surface area contributed by atoms with Crippen LogP contribution in [0.25, 0.3) is 0 Å². The zero-order valence-corrected chi connectivity index (χ0v) is 17.9. The molecule has 156 valence electrons. The molecule has 0 aliphatic heterocycles. The minimum Gasteiger partial charge on any atom is -0.496 e. The van der Waals surface area contributed by atoms with E-state index < -0.39 is 15.9 Å². The second kappa shape index (κ2) is 9.00. The highest BCUT2D eigenvalue weighted by molar-refractivity contribution is 7.92. The Morgan fingerprint density at radius 1 is 0.933 bits per heavy atom. The molecule has 0 unspecified atom stereocenters. The Bertz CT molecular complexity index is 1140. The van der Waals surface area contributed by atoms with Crippen molar-refractivity contribution in [1.29, 1.82) is 0 Å². The standard InChI is InChI=1S/C23H24N2O4S/c1-16-12-14-18(15-13-16)30(27,28)25-21-10-6-4-9-20(21)23(26)24-17(2)19-8-5-7-11-22(19)29-3/h4-15,17,25H,1-3H3,(H,24,26)/t17-/m0/s1. The van der Waals surface area contributed by atoms with Crippen LogP contribution in [0.15, 0.2) is 77.7 Å². The number of aryl methyl sites for hydroxylation is 1. The predicted octanol–water partition coefficient (Wildman–Crippen LogP) is 4.30. The van der Waals surface area contributed by atoms with Crippen molar-refractivity contribution in [2.75, 3.05) is 11.8 Å². The summed E-state index contributed by atoms with van der Waals surface area (Å²) in [7, 11) is -2.26. The number of anilines is 1. The molecule has 2 N–H and O–H groups in total. The van der Waals surface area contributed by atoms with E-state index in [2.05, 4.69) is 10.0 Å². The molecule has 1 amide bonds. The average Bonchev–Trinajstić information content (AvgIpc) is 2.74. The van der Waals surface area contributed by atoms with Gasteiger partial charge in [-0.25, -0.2) is 8.42 Å². The van der Waals surface area contributed by atoms with Gasteiger partial charge in [0.25, 0.3) is 15.9 Å². The van der Waals surface area contributed by atoms with Crippen molar-refractivity contribution in [1.82, 2.24) is 5.32 Å². The van der Waals surface area contributed by atoms with Crippen LogP contribution in [0.3, 0.4) is 0 Å². The van der Waals surface area contributed by atoms with Gasteiger partial charge in [0.1, 0.15) is 5.75 Å². The van der Waals surface area contributed by atoms with Gasteiger partial charge in [0.15, 0.2) is 0 Å². The Morgan fingerprint density at radius 2 is 1.57 bits per heavy atom. The number of rotatable bonds is 7. The molecular weight excluding hydrogens is 400 g/mol. The third-order valence-corrected chi connectivity index (χ3v) is 6.08. The second-order valence-corrected chi connectivity index (χ2v) is 8.58. The average molecular weight is 425 g/mol. The lowest BCUT2D eigenvalue weighted by molar-refractivity contribution is 0.0940. The molecule has 0 bridgehead atoms. The molecule has 0 aromatic heterocycles. The maximum atomic E-state index is 12.9. The Kier molecular flexibility index (Phi) is 6.42. The fraction of sp³-hybridized carbons (Fsp3) is 0.174. The molecule has 0 aliphatic rings. The summed E-state index contributed by atoms with van der Waals surface area (Å²) in [5.41, 5.74) is 2.22. The SMILES string of the molecule is COc1ccccc1[C@H](C)NC(=O)c1ccccc1NS(=O)(=O)c1ccc(C)cc1. The molecule has 3 rings (SSSR count). The highest BCUT2D eigenvalue weighted by atomic mass is 32.2. The summed E-state index contributed by atoms with van der Waals surface area (Å²) < 4.78 is 33.4. The highest BCUT2D eigenvalue weighted by Gasteiger charge is 2.20. The molecule has 1 atom stereocenters. The molecular formula is C23H24N2O4S. The Hall–Kier alpha value is -3.32. The quantitative estimate of drug-likeness (QED) is 0.592. The number of hydrogen-bond donors (Lipinski definition) is 2. The topological polar surface area (TPSA) is 84.5 Å². The van der Waals surface area contributed by atoms with Crippen molar-refractivity contribution in [2.45, 2.75) is 24.8 Å². The lowest BCUT2D eigenvalue weighted by Gasteiger charge is -2.18. The van der Waals surface area contributed by atoms with Crippen LogP contribution in [0, 0.1) is 6.92 Å². The van der Waals surface area contributed by atoms with Gasteiger partial charge < -0.3 is 10.1 Å². The van der Waals surface area contributed by atoms with E-state index >= 15 is 0 Å². The lowest BCUT2D eigenvalue weighted by atomic mass is 10.1. The van der Waals surface area contributed by atoms with Gasteiger partial charge >= 0.3 is 0 Å². The van der Waals surface area contributed by atoms with Gasteiger partial charge in [-0.15, -0.1) is 0 Å². The Morgan fingerprint density at radius 3 is 2.27 bits per heavy atom. The summed E-state index contributed by atoms with van der Waals surface area (Å²) in [4.78, 5) is 13.1. The lowest BCUT2D eigenvalue weighted by Crippen LogP contribution is -2.28. The minimum absolute atomic E-state index is 0.130. The highest BCUT2D eigenvalue weighted by Crippen LogP contribution is 2.26. The maximum absolute atomic E-state index is 12.9. The normalized spacial score (nSPS) is 12.1. The molecule has 7 heteroatoms. The first kappa shape index (κ1) is 21.4. The van der Waals surface area contributed by atoms with Crippen LogP contribution in [0.1, 0.15) is 34.5 Å². The van der Waals surface area contributed by atoms with E-state index in [0.29, 0.717) is 5.75 Å². The summed E-state index contributed by atoms with van der Waals surface area (Å²) in [6, 6.07) is 20.1. The van der Waals surface area contributed by atoms with Crippen LogP contribution < -0.4 is 14.8 Å². The Labute approximate surface area is 177 Å². The van der Waals surface area contributed by atoms with Crippen molar-refractivity contribution in [3.05, 3.63) is 89.5 Å². The largest absolute Gasteiger partial charge is 0.496 e. The predicted molar refractivity (Wildman–Crippen MR) is 117 cm³/mol. The Balaban J connectivity index is 1.84. The number of nitrogens with one attached hydrogen (secondary N) is 2. The van der Waals surface area contributed by atoms with E-state index in [-0.39, 0.29) is 22.2 Å². The summed E-state index contributed by atoms with van der Waals surface area (Å²) in [6.45, 7) is 3.72. The number of sulfonamides is 1. The van der Waals surface area contributed by atoms with E-state index in [4.69, 9.17) is 4.74 Å². The van der Waals surface area contributed by atoms with Gasteiger partial charge in [-0.1, -0.05) is 48.0 Å². The molecule has 0 aliphatic carbocycles. The number of methoxy groups -OCH3 is 1. The number of para-hydroxylation sites is 2. The van der Waals surface area contributed by atoms with E-state index in [9.17, 15) is 13.2 Å². The van der Waals surface area contributed by atoms with Crippen molar-refractivity contribution in [3.63, 3.8) is 0 Å². The van der Waals surface area contributed by atoms with Crippen LogP contribution in [0.4, 0.5) is 5.69 Å². The van der Waals surface area contributed by atoms with E-state index in [1.165, 1.54) is 12.1 Å². The summed E-state index contributed by atoms with van der Waals surface area (Å²) in [5, 5.41) is 2.91. The van der Waals surface area contributed by atoms with Crippen molar-refractivity contribution < 1.29 is 17.9 Å². The van der Waals surface area contributed by atoms with Crippen molar-refractivity contribution >= 4 is 21.6 Å². The second-order valence-electron chi connectivity index (χ2n) is 6.90. The molecule has 3 aromatic rings. The number of benzene rings is 3. The molecule has 6 nitrogen and oxygen atoms in total. The third-order valence-electron chi connectivity index (χ3n) is 4.70. The van der Waals surface area contributed by atoms with Gasteiger partial charge in [-0.2, -0.15) is 0 Å². The van der Waals surface area contributed by atoms with Crippen LogP contribution in [0.5, 0.6) is 5.75 Å². The van der Waals surface area contributed by atoms with E-state index in [1.807, 2.05) is 38.1 Å². The van der Waals surface area contributed by atoms with Crippen molar-refractivity contribution in [2.24, 2.45) is 0 Å². The minimum atomic E-state index is -3.83. The third kappa shape index (κ3) is 4.80. The van der Waals surface area contributed by atoms with Crippen LogP contribution in [-0.2, 0) is 10.0 Å². The fourth-order valence-electron chi connectivity index (χ4n) is 3.07. The molecule has 30 heavy (non-hydrogen) atoms. The first-order valence-corrected chi connectivity index (χ1v) is 10.9. The molecule has 3 aromatic carbocycles. The summed E-state index contributed by atoms with van der Waals surface area (Å²) in [6.07, 6.45) is 0. The zero-order chi connectivity index (χ0) is 21.7. The number of carbonyl (C=O) groups is 1. The van der Waals surface area contributed by atoms with E-state index in [0.717, 1.165) is 11.1 Å². The van der Waals surface area contributed by atoms with Crippen LogP contribution in [0.2, 0.25) is 0 Å². The van der Waals surface area contributed by atoms with Gasteiger partial charge in [-0.3, -0.25) is 9.52 Å². The molecule has 0 radical (unpaired) electrons.